The Morgan fingerprint density at radius 2 is 1.89 bits per heavy atom. The summed E-state index contributed by atoms with van der Waals surface area (Å²) in [5, 5.41) is 1.89. The molecule has 6 heteroatoms. The topological polar surface area (TPSA) is 46.2 Å². The van der Waals surface area contributed by atoms with Crippen molar-refractivity contribution in [3.8, 4) is 0 Å². The number of nitrogens with one attached hydrogen (secondary N) is 1. The van der Waals surface area contributed by atoms with E-state index in [-0.39, 0.29) is 11.4 Å². The molecular formula is C13H14FNO2S2. The highest BCUT2D eigenvalue weighted by molar-refractivity contribution is 7.89. The molecule has 1 aromatic carbocycles. The largest absolute Gasteiger partial charge is 0.241 e. The summed E-state index contributed by atoms with van der Waals surface area (Å²) in [5.41, 5.74) is 0.826. The van der Waals surface area contributed by atoms with Crippen LogP contribution in [0.1, 0.15) is 16.0 Å². The van der Waals surface area contributed by atoms with Gasteiger partial charge >= 0.3 is 0 Å². The Hall–Kier alpha value is -1.24. The van der Waals surface area contributed by atoms with E-state index in [1.165, 1.54) is 23.5 Å². The lowest BCUT2D eigenvalue weighted by Gasteiger charge is -2.11. The van der Waals surface area contributed by atoms with Gasteiger partial charge < -0.3 is 0 Å². The van der Waals surface area contributed by atoms with Gasteiger partial charge in [0.05, 0.1) is 4.90 Å². The second kappa shape index (κ2) is 5.40. The van der Waals surface area contributed by atoms with Crippen LogP contribution < -0.4 is 4.72 Å². The predicted octanol–water partition coefficient (Wildman–Crippen LogP) is 2.98. The van der Waals surface area contributed by atoms with Crippen LogP contribution in [0, 0.1) is 19.7 Å². The van der Waals surface area contributed by atoms with Crippen LogP contribution in [0.5, 0.6) is 0 Å². The summed E-state index contributed by atoms with van der Waals surface area (Å²) < 4.78 is 40.2. The fourth-order valence-corrected chi connectivity index (χ4v) is 4.16. The van der Waals surface area contributed by atoms with Gasteiger partial charge in [-0.25, -0.2) is 17.5 Å². The van der Waals surface area contributed by atoms with E-state index in [1.807, 2.05) is 17.5 Å². The van der Waals surface area contributed by atoms with Crippen molar-refractivity contribution in [3.63, 3.8) is 0 Å². The summed E-state index contributed by atoms with van der Waals surface area (Å²) in [4.78, 5) is 1.09. The molecule has 0 saturated heterocycles. The summed E-state index contributed by atoms with van der Waals surface area (Å²) in [5.74, 6) is -0.424. The molecule has 0 spiro atoms. The normalized spacial score (nSPS) is 11.7. The van der Waals surface area contributed by atoms with Gasteiger partial charge in [-0.05, 0) is 48.6 Å². The van der Waals surface area contributed by atoms with Crippen LogP contribution >= 0.6 is 11.3 Å². The van der Waals surface area contributed by atoms with Gasteiger partial charge in [-0.15, -0.1) is 11.3 Å². The van der Waals surface area contributed by atoms with E-state index in [4.69, 9.17) is 0 Å². The SMILES string of the molecule is Cc1cc(F)cc(C)c1S(=O)(=O)NCc1cccs1. The fraction of sp³-hybridized carbons (Fsp3) is 0.231. The van der Waals surface area contributed by atoms with E-state index >= 15 is 0 Å². The molecule has 0 amide bonds. The Kier molecular flexibility index (Phi) is 4.03. The lowest BCUT2D eigenvalue weighted by molar-refractivity contribution is 0.579. The first kappa shape index (κ1) is 14.2. The Bertz CT molecular complexity index is 656. The molecule has 0 atom stereocenters. The van der Waals surface area contributed by atoms with Crippen LogP contribution in [-0.4, -0.2) is 8.42 Å². The second-order valence-corrected chi connectivity index (χ2v) is 7.01. The third kappa shape index (κ3) is 3.20. The Labute approximate surface area is 116 Å². The van der Waals surface area contributed by atoms with Gasteiger partial charge in [0.15, 0.2) is 0 Å². The van der Waals surface area contributed by atoms with Crippen LogP contribution in [0.15, 0.2) is 34.5 Å². The number of sulfonamides is 1. The van der Waals surface area contributed by atoms with Crippen molar-refractivity contribution in [2.45, 2.75) is 25.3 Å². The third-order valence-corrected chi connectivity index (χ3v) is 5.29. The highest BCUT2D eigenvalue weighted by Crippen LogP contribution is 2.21. The maximum atomic E-state index is 13.2. The van der Waals surface area contributed by atoms with Gasteiger partial charge in [0, 0.05) is 11.4 Å². The van der Waals surface area contributed by atoms with E-state index in [2.05, 4.69) is 4.72 Å². The molecule has 19 heavy (non-hydrogen) atoms. The molecule has 2 rings (SSSR count). The van der Waals surface area contributed by atoms with Crippen molar-refractivity contribution in [1.82, 2.24) is 4.72 Å². The van der Waals surface area contributed by atoms with Gasteiger partial charge in [0.25, 0.3) is 0 Å². The van der Waals surface area contributed by atoms with Gasteiger partial charge in [-0.2, -0.15) is 0 Å². The van der Waals surface area contributed by atoms with Crippen molar-refractivity contribution in [1.29, 1.82) is 0 Å². The highest BCUT2D eigenvalue weighted by atomic mass is 32.2. The minimum atomic E-state index is -3.62. The van der Waals surface area contributed by atoms with E-state index < -0.39 is 15.8 Å². The van der Waals surface area contributed by atoms with Crippen LogP contribution in [0.4, 0.5) is 4.39 Å². The monoisotopic (exact) mass is 299 g/mol. The average molecular weight is 299 g/mol. The maximum Gasteiger partial charge on any atom is 0.241 e. The van der Waals surface area contributed by atoms with Crippen LogP contribution in [0.25, 0.3) is 0 Å². The number of rotatable bonds is 4. The van der Waals surface area contributed by atoms with Gasteiger partial charge in [0.2, 0.25) is 10.0 Å². The predicted molar refractivity (Wildman–Crippen MR) is 74.2 cm³/mol. The van der Waals surface area contributed by atoms with E-state index in [1.54, 1.807) is 13.8 Å². The minimum Gasteiger partial charge on any atom is -0.207 e. The fourth-order valence-electron chi connectivity index (χ4n) is 1.97. The third-order valence-electron chi connectivity index (χ3n) is 2.71. The van der Waals surface area contributed by atoms with Crippen LogP contribution in [0.3, 0.4) is 0 Å². The van der Waals surface area contributed by atoms with E-state index in [0.717, 1.165) is 4.88 Å². The number of halogens is 1. The molecule has 102 valence electrons. The summed E-state index contributed by atoms with van der Waals surface area (Å²) >= 11 is 1.48. The van der Waals surface area contributed by atoms with Crippen molar-refractivity contribution in [2.24, 2.45) is 0 Å². The van der Waals surface area contributed by atoms with E-state index in [0.29, 0.717) is 11.1 Å². The molecule has 2 aromatic rings. The summed E-state index contributed by atoms with van der Waals surface area (Å²) in [6.45, 7) is 3.43. The molecule has 0 aliphatic rings. The smallest absolute Gasteiger partial charge is 0.207 e. The molecule has 0 fully saturated rings. The standard InChI is InChI=1S/C13H14FNO2S2/c1-9-6-11(14)7-10(2)13(9)19(16,17)15-8-12-4-3-5-18-12/h3-7,15H,8H2,1-2H3. The zero-order valence-electron chi connectivity index (χ0n) is 10.6. The molecule has 0 bridgehead atoms. The molecule has 1 N–H and O–H groups in total. The molecule has 0 aliphatic carbocycles. The molecule has 1 heterocycles. The molecule has 1 aromatic heterocycles. The second-order valence-electron chi connectivity index (χ2n) is 4.27. The molecular weight excluding hydrogens is 285 g/mol. The maximum absolute atomic E-state index is 13.2. The van der Waals surface area contributed by atoms with Gasteiger partial charge in [0.1, 0.15) is 5.82 Å². The van der Waals surface area contributed by atoms with Crippen molar-refractivity contribution in [3.05, 3.63) is 51.5 Å². The zero-order valence-corrected chi connectivity index (χ0v) is 12.2. The summed E-state index contributed by atoms with van der Waals surface area (Å²) in [6.07, 6.45) is 0. The summed E-state index contributed by atoms with van der Waals surface area (Å²) in [6, 6.07) is 6.18. The average Bonchev–Trinajstić information content (AvgIpc) is 2.77. The highest BCUT2D eigenvalue weighted by Gasteiger charge is 2.20. The van der Waals surface area contributed by atoms with Crippen LogP contribution in [-0.2, 0) is 16.6 Å². The van der Waals surface area contributed by atoms with Crippen molar-refractivity contribution >= 4 is 21.4 Å². The Balaban J connectivity index is 2.29. The lowest BCUT2D eigenvalue weighted by Crippen LogP contribution is -2.24. The first-order chi connectivity index (χ1) is 8.90. The number of thiophene rings is 1. The lowest BCUT2D eigenvalue weighted by atomic mass is 10.1. The van der Waals surface area contributed by atoms with Gasteiger partial charge in [-0.1, -0.05) is 6.07 Å². The van der Waals surface area contributed by atoms with Crippen molar-refractivity contribution < 1.29 is 12.8 Å². The van der Waals surface area contributed by atoms with Gasteiger partial charge in [-0.3, -0.25) is 0 Å². The number of hydrogen-bond donors (Lipinski definition) is 1. The molecule has 3 nitrogen and oxygen atoms in total. The Morgan fingerprint density at radius 3 is 2.42 bits per heavy atom. The van der Waals surface area contributed by atoms with Crippen LogP contribution in [0.2, 0.25) is 0 Å². The molecule has 0 saturated carbocycles. The summed E-state index contributed by atoms with van der Waals surface area (Å²) in [7, 11) is -3.62. The number of benzene rings is 1. The quantitative estimate of drug-likeness (QED) is 0.943. The first-order valence-electron chi connectivity index (χ1n) is 5.69. The minimum absolute atomic E-state index is 0.158. The first-order valence-corrected chi connectivity index (χ1v) is 8.05. The van der Waals surface area contributed by atoms with E-state index in [9.17, 15) is 12.8 Å². The number of hydrogen-bond acceptors (Lipinski definition) is 3. The molecule has 0 aliphatic heterocycles. The Morgan fingerprint density at radius 1 is 1.26 bits per heavy atom. The number of aryl methyl sites for hydroxylation is 2. The molecule has 0 radical (unpaired) electrons. The zero-order chi connectivity index (χ0) is 14.0. The van der Waals surface area contributed by atoms with Crippen molar-refractivity contribution in [2.75, 3.05) is 0 Å². The molecule has 0 unspecified atom stereocenters.